The number of aromatic nitrogens is 1. The van der Waals surface area contributed by atoms with Gasteiger partial charge in [-0.25, -0.2) is 0 Å². The average Bonchev–Trinajstić information content (AvgIpc) is 2.31. The minimum atomic E-state index is 0.250. The Morgan fingerprint density at radius 1 is 1.19 bits per heavy atom. The summed E-state index contributed by atoms with van der Waals surface area (Å²) in [5.41, 5.74) is 2.28. The molecule has 0 amide bonds. The lowest BCUT2D eigenvalue weighted by molar-refractivity contribution is 0.877. The van der Waals surface area contributed by atoms with Crippen LogP contribution in [-0.2, 0) is 0 Å². The molecule has 2 nitrogen and oxygen atoms in total. The highest BCUT2D eigenvalue weighted by atomic mass is 79.9. The van der Waals surface area contributed by atoms with Crippen LogP contribution in [0.1, 0.15) is 18.5 Å². The molecule has 0 spiro atoms. The first kappa shape index (κ1) is 11.1. The molecular weight excluding hydrogens is 264 g/mol. The van der Waals surface area contributed by atoms with Crippen LogP contribution < -0.4 is 5.32 Å². The zero-order valence-electron chi connectivity index (χ0n) is 9.02. The average molecular weight is 277 g/mol. The summed E-state index contributed by atoms with van der Waals surface area (Å²) >= 11 is 3.55. The maximum Gasteiger partial charge on any atom is 0.0531 e. The summed E-state index contributed by atoms with van der Waals surface area (Å²) in [7, 11) is 0. The monoisotopic (exact) mass is 276 g/mol. The lowest BCUT2D eigenvalue weighted by Gasteiger charge is -2.16. The van der Waals surface area contributed by atoms with Gasteiger partial charge in [0.05, 0.1) is 5.69 Å². The Balaban J connectivity index is 2.15. The molecule has 2 aromatic rings. The van der Waals surface area contributed by atoms with Crippen molar-refractivity contribution in [1.29, 1.82) is 0 Å². The summed E-state index contributed by atoms with van der Waals surface area (Å²) < 4.78 is 1.12. The molecule has 1 N–H and O–H groups in total. The van der Waals surface area contributed by atoms with Crippen LogP contribution in [-0.4, -0.2) is 4.98 Å². The number of halogens is 1. The molecular formula is C13H13BrN2. The smallest absolute Gasteiger partial charge is 0.0531 e. The van der Waals surface area contributed by atoms with Gasteiger partial charge in [-0.1, -0.05) is 34.1 Å². The van der Waals surface area contributed by atoms with Gasteiger partial charge >= 0.3 is 0 Å². The van der Waals surface area contributed by atoms with Crippen molar-refractivity contribution in [2.24, 2.45) is 0 Å². The largest absolute Gasteiger partial charge is 0.377 e. The molecule has 0 aliphatic rings. The molecule has 0 radical (unpaired) electrons. The van der Waals surface area contributed by atoms with Crippen molar-refractivity contribution >= 4 is 21.6 Å². The number of nitrogens with zero attached hydrogens (tertiary/aromatic N) is 1. The lowest BCUT2D eigenvalue weighted by atomic mass is 10.1. The summed E-state index contributed by atoms with van der Waals surface area (Å²) in [6.45, 7) is 2.13. The highest BCUT2D eigenvalue weighted by molar-refractivity contribution is 9.10. The summed E-state index contributed by atoms with van der Waals surface area (Å²) in [5.74, 6) is 0. The third-order valence-electron chi connectivity index (χ3n) is 2.42. The lowest BCUT2D eigenvalue weighted by Crippen LogP contribution is -2.07. The van der Waals surface area contributed by atoms with Crippen LogP contribution in [0.2, 0.25) is 0 Å². The van der Waals surface area contributed by atoms with Crippen LogP contribution in [0.15, 0.2) is 53.3 Å². The molecule has 1 aromatic heterocycles. The Morgan fingerprint density at radius 3 is 2.69 bits per heavy atom. The quantitative estimate of drug-likeness (QED) is 0.916. The molecule has 0 saturated heterocycles. The summed E-state index contributed by atoms with van der Waals surface area (Å²) in [6.07, 6.45) is 3.60. The van der Waals surface area contributed by atoms with Crippen LogP contribution in [0.4, 0.5) is 5.69 Å². The Labute approximate surface area is 104 Å². The van der Waals surface area contributed by atoms with Gasteiger partial charge in [-0.2, -0.15) is 0 Å². The Hall–Kier alpha value is -1.35. The van der Waals surface area contributed by atoms with Crippen molar-refractivity contribution in [2.45, 2.75) is 13.0 Å². The summed E-state index contributed by atoms with van der Waals surface area (Å²) in [5, 5.41) is 3.41. The highest BCUT2D eigenvalue weighted by Gasteiger charge is 2.07. The van der Waals surface area contributed by atoms with Crippen LogP contribution in [0, 0.1) is 0 Å². The van der Waals surface area contributed by atoms with Gasteiger partial charge in [0.15, 0.2) is 0 Å². The van der Waals surface area contributed by atoms with E-state index in [1.54, 1.807) is 6.20 Å². The number of benzene rings is 1. The number of pyridine rings is 1. The topological polar surface area (TPSA) is 24.9 Å². The number of hydrogen-bond acceptors (Lipinski definition) is 2. The van der Waals surface area contributed by atoms with Crippen LogP contribution in [0.25, 0.3) is 0 Å². The van der Waals surface area contributed by atoms with Crippen molar-refractivity contribution in [2.75, 3.05) is 5.32 Å². The zero-order valence-corrected chi connectivity index (χ0v) is 10.6. The molecule has 0 fully saturated rings. The Morgan fingerprint density at radius 2 is 2.00 bits per heavy atom. The fourth-order valence-corrected chi connectivity index (χ4v) is 2.23. The highest BCUT2D eigenvalue weighted by Crippen LogP contribution is 2.25. The zero-order chi connectivity index (χ0) is 11.4. The molecule has 0 saturated carbocycles. The van der Waals surface area contributed by atoms with E-state index in [1.165, 1.54) is 5.56 Å². The third kappa shape index (κ3) is 2.61. The molecule has 82 valence electrons. The summed E-state index contributed by atoms with van der Waals surface area (Å²) in [6, 6.07) is 12.4. The van der Waals surface area contributed by atoms with Crippen molar-refractivity contribution in [3.63, 3.8) is 0 Å². The number of anilines is 1. The number of rotatable bonds is 3. The van der Waals surface area contributed by atoms with Crippen LogP contribution in [0.5, 0.6) is 0 Å². The van der Waals surface area contributed by atoms with E-state index in [1.807, 2.05) is 30.5 Å². The molecule has 1 aromatic carbocycles. The van der Waals surface area contributed by atoms with E-state index in [-0.39, 0.29) is 6.04 Å². The second-order valence-electron chi connectivity index (χ2n) is 3.63. The van der Waals surface area contributed by atoms with Gasteiger partial charge in [-0.05, 0) is 30.7 Å². The van der Waals surface area contributed by atoms with E-state index < -0.39 is 0 Å². The van der Waals surface area contributed by atoms with Gasteiger partial charge in [0, 0.05) is 22.9 Å². The molecule has 3 heteroatoms. The van der Waals surface area contributed by atoms with Gasteiger partial charge in [-0.15, -0.1) is 0 Å². The first-order valence-corrected chi connectivity index (χ1v) is 5.97. The molecule has 1 unspecified atom stereocenters. The standard InChI is InChI=1S/C13H13BrN2/c1-10(12-6-2-3-7-13(12)14)16-11-5-4-8-15-9-11/h2-10,16H,1H3. The third-order valence-corrected chi connectivity index (χ3v) is 3.14. The number of nitrogens with one attached hydrogen (secondary N) is 1. The first-order valence-electron chi connectivity index (χ1n) is 5.18. The predicted octanol–water partition coefficient (Wildman–Crippen LogP) is 4.02. The van der Waals surface area contributed by atoms with E-state index in [9.17, 15) is 0 Å². The van der Waals surface area contributed by atoms with Crippen molar-refractivity contribution in [1.82, 2.24) is 4.98 Å². The molecule has 1 heterocycles. The molecule has 0 aliphatic heterocycles. The first-order chi connectivity index (χ1) is 7.77. The molecule has 1 atom stereocenters. The summed E-state index contributed by atoms with van der Waals surface area (Å²) in [4.78, 5) is 4.08. The van der Waals surface area contributed by atoms with E-state index in [0.29, 0.717) is 0 Å². The van der Waals surface area contributed by atoms with Crippen LogP contribution >= 0.6 is 15.9 Å². The fourth-order valence-electron chi connectivity index (χ4n) is 1.60. The second kappa shape index (κ2) is 5.12. The van der Waals surface area contributed by atoms with Gasteiger partial charge in [0.1, 0.15) is 0 Å². The number of hydrogen-bond donors (Lipinski definition) is 1. The van der Waals surface area contributed by atoms with Crippen molar-refractivity contribution < 1.29 is 0 Å². The maximum absolute atomic E-state index is 4.08. The SMILES string of the molecule is CC(Nc1cccnc1)c1ccccc1Br. The van der Waals surface area contributed by atoms with Crippen molar-refractivity contribution in [3.05, 3.63) is 58.8 Å². The minimum absolute atomic E-state index is 0.250. The van der Waals surface area contributed by atoms with Gasteiger partial charge in [0.2, 0.25) is 0 Å². The van der Waals surface area contributed by atoms with E-state index >= 15 is 0 Å². The molecule has 2 rings (SSSR count). The minimum Gasteiger partial charge on any atom is -0.377 e. The second-order valence-corrected chi connectivity index (χ2v) is 4.48. The van der Waals surface area contributed by atoms with Gasteiger partial charge in [0.25, 0.3) is 0 Å². The van der Waals surface area contributed by atoms with Gasteiger partial charge in [-0.3, -0.25) is 4.98 Å². The molecule has 0 bridgehead atoms. The molecule has 0 aliphatic carbocycles. The normalized spacial score (nSPS) is 12.1. The van der Waals surface area contributed by atoms with E-state index in [2.05, 4.69) is 45.3 Å². The van der Waals surface area contributed by atoms with Gasteiger partial charge < -0.3 is 5.32 Å². The fraction of sp³-hybridized carbons (Fsp3) is 0.154. The maximum atomic E-state index is 4.08. The molecule has 16 heavy (non-hydrogen) atoms. The Bertz CT molecular complexity index is 456. The van der Waals surface area contributed by atoms with E-state index in [0.717, 1.165) is 10.2 Å². The van der Waals surface area contributed by atoms with Crippen LogP contribution in [0.3, 0.4) is 0 Å². The van der Waals surface area contributed by atoms with Crippen molar-refractivity contribution in [3.8, 4) is 0 Å². The predicted molar refractivity (Wildman–Crippen MR) is 70.4 cm³/mol. The Kier molecular flexibility index (Phi) is 3.57. The van der Waals surface area contributed by atoms with E-state index in [4.69, 9.17) is 0 Å².